The molecule has 0 bridgehead atoms. The number of H-pyrrole nitrogens is 1. The second-order valence-corrected chi connectivity index (χ2v) is 10.3. The average Bonchev–Trinajstić information content (AvgIpc) is 3.40. The fraction of sp³-hybridized carbons (Fsp3) is 0.190. The molecular formula is C21H21N5O2S2. The molecule has 2 aromatic heterocycles. The fourth-order valence-electron chi connectivity index (χ4n) is 3.00. The number of benzene rings is 2. The van der Waals surface area contributed by atoms with Crippen LogP contribution in [0.15, 0.2) is 60.0 Å². The van der Waals surface area contributed by atoms with Gasteiger partial charge in [-0.05, 0) is 47.5 Å². The summed E-state index contributed by atoms with van der Waals surface area (Å²) in [6, 6.07) is 18.1. The number of tetrazole rings is 1. The number of anilines is 1. The van der Waals surface area contributed by atoms with Crippen molar-refractivity contribution in [3.63, 3.8) is 0 Å². The first-order chi connectivity index (χ1) is 14.4. The highest BCUT2D eigenvalue weighted by Crippen LogP contribution is 2.35. The maximum Gasteiger partial charge on any atom is 0.235 e. The molecule has 0 aliphatic rings. The van der Waals surface area contributed by atoms with Crippen LogP contribution in [-0.4, -0.2) is 34.3 Å². The molecule has 0 saturated heterocycles. The Morgan fingerprint density at radius 2 is 1.80 bits per heavy atom. The molecular weight excluding hydrogens is 418 g/mol. The molecule has 30 heavy (non-hydrogen) atoms. The van der Waals surface area contributed by atoms with Crippen molar-refractivity contribution in [3.05, 3.63) is 71.4 Å². The molecule has 2 N–H and O–H groups in total. The Balaban J connectivity index is 1.57. The van der Waals surface area contributed by atoms with Crippen LogP contribution in [0.3, 0.4) is 0 Å². The molecule has 0 fully saturated rings. The molecule has 0 amide bonds. The maximum absolute atomic E-state index is 12.2. The van der Waals surface area contributed by atoms with Crippen molar-refractivity contribution in [1.29, 1.82) is 0 Å². The van der Waals surface area contributed by atoms with Gasteiger partial charge in [0.05, 0.1) is 15.8 Å². The quantitative estimate of drug-likeness (QED) is 0.446. The first-order valence-corrected chi connectivity index (χ1v) is 11.9. The highest BCUT2D eigenvalue weighted by molar-refractivity contribution is 7.93. The summed E-state index contributed by atoms with van der Waals surface area (Å²) in [4.78, 5) is 0.900. The summed E-state index contributed by atoms with van der Waals surface area (Å²) in [5.41, 5.74) is 4.85. The standard InChI is InChI=1S/C21H21N5O2S2/c1-14(2)30(27,28)24-19-10-11-29-21(19)17-8-6-16(7-9-17)18-5-3-4-15(12-18)13-20-22-25-26-23-20/h3-12,14,24H,13H2,1-2H3,(H,22,23,25,26). The van der Waals surface area contributed by atoms with Gasteiger partial charge < -0.3 is 0 Å². The van der Waals surface area contributed by atoms with Crippen LogP contribution in [-0.2, 0) is 16.4 Å². The topological polar surface area (TPSA) is 101 Å². The Morgan fingerprint density at radius 3 is 2.50 bits per heavy atom. The van der Waals surface area contributed by atoms with E-state index < -0.39 is 15.3 Å². The van der Waals surface area contributed by atoms with Crippen molar-refractivity contribution in [1.82, 2.24) is 20.6 Å². The van der Waals surface area contributed by atoms with Gasteiger partial charge in [-0.2, -0.15) is 5.21 Å². The SMILES string of the molecule is CC(C)S(=O)(=O)Nc1ccsc1-c1ccc(-c2cccc(Cc3nn[nH]n3)c2)cc1. The van der Waals surface area contributed by atoms with Gasteiger partial charge in [0.1, 0.15) is 0 Å². The van der Waals surface area contributed by atoms with Crippen LogP contribution in [0.1, 0.15) is 25.2 Å². The zero-order valence-corrected chi connectivity index (χ0v) is 18.2. The van der Waals surface area contributed by atoms with E-state index in [1.807, 2.05) is 41.8 Å². The molecule has 0 radical (unpaired) electrons. The lowest BCUT2D eigenvalue weighted by molar-refractivity contribution is 0.593. The summed E-state index contributed by atoms with van der Waals surface area (Å²) >= 11 is 1.51. The van der Waals surface area contributed by atoms with Crippen LogP contribution in [0.4, 0.5) is 5.69 Å². The first-order valence-electron chi connectivity index (χ1n) is 9.43. The molecule has 2 aromatic carbocycles. The van der Waals surface area contributed by atoms with E-state index in [1.54, 1.807) is 19.9 Å². The number of hydrogen-bond acceptors (Lipinski definition) is 6. The average molecular weight is 440 g/mol. The molecule has 154 valence electrons. The predicted molar refractivity (Wildman–Crippen MR) is 120 cm³/mol. The Morgan fingerprint density at radius 1 is 1.03 bits per heavy atom. The largest absolute Gasteiger partial charge is 0.282 e. The van der Waals surface area contributed by atoms with Gasteiger partial charge in [0.15, 0.2) is 5.82 Å². The van der Waals surface area contributed by atoms with Gasteiger partial charge in [-0.15, -0.1) is 21.5 Å². The first kappa shape index (κ1) is 20.2. The number of aromatic amines is 1. The number of sulfonamides is 1. The predicted octanol–water partition coefficient (Wildman–Crippen LogP) is 4.34. The number of nitrogens with zero attached hydrogens (tertiary/aromatic N) is 3. The highest BCUT2D eigenvalue weighted by Gasteiger charge is 2.18. The van der Waals surface area contributed by atoms with Crippen molar-refractivity contribution < 1.29 is 8.42 Å². The minimum Gasteiger partial charge on any atom is -0.282 e. The lowest BCUT2D eigenvalue weighted by Gasteiger charge is -2.12. The second kappa shape index (κ2) is 8.37. The van der Waals surface area contributed by atoms with Crippen LogP contribution in [0.5, 0.6) is 0 Å². The van der Waals surface area contributed by atoms with Gasteiger partial charge in [0, 0.05) is 6.42 Å². The zero-order valence-electron chi connectivity index (χ0n) is 16.5. The van der Waals surface area contributed by atoms with Crippen molar-refractivity contribution in [2.24, 2.45) is 0 Å². The molecule has 0 unspecified atom stereocenters. The third-order valence-electron chi connectivity index (χ3n) is 4.70. The number of hydrogen-bond donors (Lipinski definition) is 2. The van der Waals surface area contributed by atoms with E-state index in [2.05, 4.69) is 37.5 Å². The molecule has 2 heterocycles. The number of aromatic nitrogens is 4. The van der Waals surface area contributed by atoms with Gasteiger partial charge >= 0.3 is 0 Å². The molecule has 0 atom stereocenters. The monoisotopic (exact) mass is 439 g/mol. The molecule has 0 saturated carbocycles. The van der Waals surface area contributed by atoms with Gasteiger partial charge in [-0.3, -0.25) is 4.72 Å². The van der Waals surface area contributed by atoms with Gasteiger partial charge in [-0.1, -0.05) is 53.7 Å². The summed E-state index contributed by atoms with van der Waals surface area (Å²) in [5, 5.41) is 15.5. The highest BCUT2D eigenvalue weighted by atomic mass is 32.2. The second-order valence-electron chi connectivity index (χ2n) is 7.14. The number of rotatable bonds is 7. The van der Waals surface area contributed by atoms with Gasteiger partial charge in [-0.25, -0.2) is 8.42 Å². The summed E-state index contributed by atoms with van der Waals surface area (Å²) in [6.07, 6.45) is 0.608. The maximum atomic E-state index is 12.2. The normalized spacial score (nSPS) is 11.7. The van der Waals surface area contributed by atoms with E-state index in [-0.39, 0.29) is 0 Å². The van der Waals surface area contributed by atoms with Crippen molar-refractivity contribution in [3.8, 4) is 21.6 Å². The Hall–Kier alpha value is -3.04. The smallest absolute Gasteiger partial charge is 0.235 e. The number of nitrogens with one attached hydrogen (secondary N) is 2. The molecule has 0 spiro atoms. The van der Waals surface area contributed by atoms with Gasteiger partial charge in [0.2, 0.25) is 10.0 Å². The van der Waals surface area contributed by atoms with E-state index in [1.165, 1.54) is 11.3 Å². The van der Waals surface area contributed by atoms with Crippen LogP contribution >= 0.6 is 11.3 Å². The van der Waals surface area contributed by atoms with E-state index in [4.69, 9.17) is 0 Å². The van der Waals surface area contributed by atoms with E-state index in [0.717, 1.165) is 27.1 Å². The lowest BCUT2D eigenvalue weighted by atomic mass is 10.00. The van der Waals surface area contributed by atoms with E-state index in [0.29, 0.717) is 17.9 Å². The van der Waals surface area contributed by atoms with Crippen molar-refractivity contribution in [2.45, 2.75) is 25.5 Å². The third kappa shape index (κ3) is 4.42. The van der Waals surface area contributed by atoms with E-state index >= 15 is 0 Å². The lowest BCUT2D eigenvalue weighted by Crippen LogP contribution is -2.22. The van der Waals surface area contributed by atoms with E-state index in [9.17, 15) is 8.42 Å². The fourth-order valence-corrected chi connectivity index (χ4v) is 4.63. The molecule has 7 nitrogen and oxygen atoms in total. The van der Waals surface area contributed by atoms with Crippen LogP contribution in [0, 0.1) is 0 Å². The Kier molecular flexibility index (Phi) is 5.65. The summed E-state index contributed by atoms with van der Waals surface area (Å²) in [6.45, 7) is 3.33. The van der Waals surface area contributed by atoms with Crippen LogP contribution in [0.2, 0.25) is 0 Å². The minimum atomic E-state index is -3.39. The summed E-state index contributed by atoms with van der Waals surface area (Å²) in [7, 11) is -3.39. The van der Waals surface area contributed by atoms with Crippen LogP contribution < -0.4 is 4.72 Å². The van der Waals surface area contributed by atoms with Crippen LogP contribution in [0.25, 0.3) is 21.6 Å². The summed E-state index contributed by atoms with van der Waals surface area (Å²) in [5.74, 6) is 0.650. The number of thiophene rings is 1. The Labute approximate surface area is 179 Å². The van der Waals surface area contributed by atoms with Crippen molar-refractivity contribution >= 4 is 27.0 Å². The molecule has 9 heteroatoms. The van der Waals surface area contributed by atoms with Crippen molar-refractivity contribution in [2.75, 3.05) is 4.72 Å². The minimum absolute atomic E-state index is 0.493. The molecule has 0 aliphatic carbocycles. The third-order valence-corrected chi connectivity index (χ3v) is 7.41. The van der Waals surface area contributed by atoms with Gasteiger partial charge in [0.25, 0.3) is 0 Å². The Bertz CT molecular complexity index is 1230. The molecule has 4 aromatic rings. The summed E-state index contributed by atoms with van der Waals surface area (Å²) < 4.78 is 27.2. The molecule has 0 aliphatic heterocycles. The zero-order chi connectivity index (χ0) is 21.1. The molecule has 4 rings (SSSR count).